The molecule has 0 aliphatic heterocycles. The molecule has 0 bridgehead atoms. The number of pyridine rings is 1. The van der Waals surface area contributed by atoms with E-state index in [9.17, 15) is 10.2 Å². The molecule has 2 rings (SSSR count). The summed E-state index contributed by atoms with van der Waals surface area (Å²) in [6.45, 7) is 4.90. The Morgan fingerprint density at radius 2 is 2.15 bits per heavy atom. The van der Waals surface area contributed by atoms with Crippen LogP contribution in [0.4, 0.5) is 0 Å². The molecular formula is C14H19N3O2S. The third-order valence-electron chi connectivity index (χ3n) is 3.08. The van der Waals surface area contributed by atoms with Gasteiger partial charge in [0.05, 0.1) is 17.3 Å². The van der Waals surface area contributed by atoms with Crippen LogP contribution in [-0.4, -0.2) is 26.7 Å². The van der Waals surface area contributed by atoms with Gasteiger partial charge in [-0.3, -0.25) is 4.98 Å². The average Bonchev–Trinajstić information content (AvgIpc) is 2.85. The summed E-state index contributed by atoms with van der Waals surface area (Å²) in [7, 11) is 0. The Bertz CT molecular complexity index is 584. The van der Waals surface area contributed by atoms with Gasteiger partial charge in [0.1, 0.15) is 5.75 Å². The number of hydrogen-bond donors (Lipinski definition) is 3. The predicted molar refractivity (Wildman–Crippen MR) is 78.8 cm³/mol. The third-order valence-corrected chi connectivity index (χ3v) is 4.11. The second-order valence-electron chi connectivity index (χ2n) is 4.66. The Morgan fingerprint density at radius 1 is 1.35 bits per heavy atom. The van der Waals surface area contributed by atoms with Gasteiger partial charge in [-0.1, -0.05) is 0 Å². The lowest BCUT2D eigenvalue weighted by molar-refractivity contribution is 0.278. The van der Waals surface area contributed by atoms with E-state index >= 15 is 0 Å². The first-order valence-electron chi connectivity index (χ1n) is 6.50. The number of aliphatic hydroxyl groups is 1. The highest BCUT2D eigenvalue weighted by atomic mass is 32.1. The van der Waals surface area contributed by atoms with Crippen LogP contribution in [0.1, 0.15) is 27.5 Å². The number of aliphatic hydroxyl groups excluding tert-OH is 1. The molecule has 0 atom stereocenters. The van der Waals surface area contributed by atoms with Crippen molar-refractivity contribution in [2.24, 2.45) is 0 Å². The van der Waals surface area contributed by atoms with E-state index < -0.39 is 0 Å². The molecule has 0 saturated heterocycles. The number of nitrogens with one attached hydrogen (secondary N) is 1. The Balaban J connectivity index is 1.92. The number of thiazole rings is 1. The first-order chi connectivity index (χ1) is 9.61. The van der Waals surface area contributed by atoms with Crippen LogP contribution in [0.2, 0.25) is 0 Å². The number of rotatable bonds is 6. The monoisotopic (exact) mass is 293 g/mol. The van der Waals surface area contributed by atoms with E-state index in [0.717, 1.165) is 29.2 Å². The van der Waals surface area contributed by atoms with Crippen molar-refractivity contribution in [2.45, 2.75) is 33.4 Å². The van der Waals surface area contributed by atoms with Crippen molar-refractivity contribution in [3.63, 3.8) is 0 Å². The van der Waals surface area contributed by atoms with Gasteiger partial charge in [-0.25, -0.2) is 4.98 Å². The fourth-order valence-electron chi connectivity index (χ4n) is 1.94. The van der Waals surface area contributed by atoms with Crippen molar-refractivity contribution in [1.29, 1.82) is 0 Å². The van der Waals surface area contributed by atoms with Crippen LogP contribution >= 0.6 is 11.3 Å². The molecule has 0 amide bonds. The minimum atomic E-state index is -0.121. The van der Waals surface area contributed by atoms with Crippen LogP contribution in [0.15, 0.2) is 11.6 Å². The SMILES string of the molecule is Cc1csc(CCNCc2c(CO)cnc(C)c2O)n1. The van der Waals surface area contributed by atoms with Gasteiger partial charge in [0.25, 0.3) is 0 Å². The zero-order valence-electron chi connectivity index (χ0n) is 11.7. The minimum absolute atomic E-state index is 0.121. The van der Waals surface area contributed by atoms with Crippen LogP contribution < -0.4 is 5.32 Å². The third kappa shape index (κ3) is 3.53. The highest BCUT2D eigenvalue weighted by molar-refractivity contribution is 7.09. The summed E-state index contributed by atoms with van der Waals surface area (Å²) >= 11 is 1.66. The van der Waals surface area contributed by atoms with Gasteiger partial charge < -0.3 is 15.5 Å². The Morgan fingerprint density at radius 3 is 2.80 bits per heavy atom. The lowest BCUT2D eigenvalue weighted by Crippen LogP contribution is -2.18. The fraction of sp³-hybridized carbons (Fsp3) is 0.429. The van der Waals surface area contributed by atoms with Crippen LogP contribution in [0.5, 0.6) is 5.75 Å². The van der Waals surface area contributed by atoms with E-state index in [1.165, 1.54) is 0 Å². The van der Waals surface area contributed by atoms with Gasteiger partial charge in [0.2, 0.25) is 0 Å². The van der Waals surface area contributed by atoms with Crippen LogP contribution in [0.3, 0.4) is 0 Å². The summed E-state index contributed by atoms with van der Waals surface area (Å²) in [5.74, 6) is 0.161. The summed E-state index contributed by atoms with van der Waals surface area (Å²) in [6, 6.07) is 0. The molecule has 0 aliphatic rings. The second-order valence-corrected chi connectivity index (χ2v) is 5.61. The number of aromatic nitrogens is 2. The summed E-state index contributed by atoms with van der Waals surface area (Å²) in [5, 5.41) is 25.7. The summed E-state index contributed by atoms with van der Waals surface area (Å²) in [6.07, 6.45) is 2.47. The molecule has 108 valence electrons. The van der Waals surface area contributed by atoms with Gasteiger partial charge in [-0.2, -0.15) is 0 Å². The molecule has 2 aromatic rings. The maximum Gasteiger partial charge on any atom is 0.141 e. The van der Waals surface area contributed by atoms with E-state index in [4.69, 9.17) is 0 Å². The standard InChI is InChI=1S/C14H19N3O2S/c1-9-8-20-13(17-9)3-4-15-6-12-11(7-18)5-16-10(2)14(12)19/h5,8,15,18-19H,3-4,6-7H2,1-2H3. The molecule has 0 radical (unpaired) electrons. The van der Waals surface area contributed by atoms with E-state index in [1.54, 1.807) is 24.5 Å². The average molecular weight is 293 g/mol. The van der Waals surface area contributed by atoms with Gasteiger partial charge in [-0.15, -0.1) is 11.3 Å². The number of hydrogen-bond acceptors (Lipinski definition) is 6. The van der Waals surface area contributed by atoms with E-state index in [1.807, 2.05) is 12.3 Å². The normalized spacial score (nSPS) is 10.9. The summed E-state index contributed by atoms with van der Waals surface area (Å²) in [4.78, 5) is 8.44. The Labute approximate surface area is 122 Å². The molecule has 0 unspecified atom stereocenters. The van der Waals surface area contributed by atoms with Crippen molar-refractivity contribution in [3.8, 4) is 5.75 Å². The second kappa shape index (κ2) is 6.78. The van der Waals surface area contributed by atoms with Gasteiger partial charge >= 0.3 is 0 Å². The molecular weight excluding hydrogens is 274 g/mol. The number of aromatic hydroxyl groups is 1. The van der Waals surface area contributed by atoms with E-state index in [-0.39, 0.29) is 12.4 Å². The van der Waals surface area contributed by atoms with Crippen molar-refractivity contribution in [2.75, 3.05) is 6.54 Å². The Kier molecular flexibility index (Phi) is 5.05. The van der Waals surface area contributed by atoms with Gasteiger partial charge in [0, 0.05) is 47.9 Å². The first-order valence-corrected chi connectivity index (χ1v) is 7.38. The van der Waals surface area contributed by atoms with E-state index in [0.29, 0.717) is 17.8 Å². The molecule has 0 aliphatic carbocycles. The fourth-order valence-corrected chi connectivity index (χ4v) is 2.72. The predicted octanol–water partition coefficient (Wildman–Crippen LogP) is 1.69. The summed E-state index contributed by atoms with van der Waals surface area (Å²) in [5.41, 5.74) is 3.01. The molecule has 0 spiro atoms. The minimum Gasteiger partial charge on any atom is -0.506 e. The molecule has 0 aromatic carbocycles. The van der Waals surface area contributed by atoms with Crippen LogP contribution in [-0.2, 0) is 19.6 Å². The highest BCUT2D eigenvalue weighted by Gasteiger charge is 2.10. The number of aryl methyl sites for hydroxylation is 2. The van der Waals surface area contributed by atoms with Crippen LogP contribution in [0.25, 0.3) is 0 Å². The first kappa shape index (κ1) is 14.9. The molecule has 2 aromatic heterocycles. The zero-order chi connectivity index (χ0) is 14.5. The number of nitrogens with zero attached hydrogens (tertiary/aromatic N) is 2. The maximum atomic E-state index is 10.0. The zero-order valence-corrected chi connectivity index (χ0v) is 12.5. The van der Waals surface area contributed by atoms with E-state index in [2.05, 4.69) is 15.3 Å². The largest absolute Gasteiger partial charge is 0.506 e. The summed E-state index contributed by atoms with van der Waals surface area (Å²) < 4.78 is 0. The molecule has 3 N–H and O–H groups in total. The smallest absolute Gasteiger partial charge is 0.141 e. The van der Waals surface area contributed by atoms with Crippen LogP contribution in [0, 0.1) is 13.8 Å². The molecule has 5 nitrogen and oxygen atoms in total. The molecule has 6 heteroatoms. The van der Waals surface area contributed by atoms with Crippen molar-refractivity contribution < 1.29 is 10.2 Å². The highest BCUT2D eigenvalue weighted by Crippen LogP contribution is 2.23. The lowest BCUT2D eigenvalue weighted by Gasteiger charge is -2.12. The van der Waals surface area contributed by atoms with Gasteiger partial charge in [0.15, 0.2) is 0 Å². The molecule has 0 fully saturated rings. The van der Waals surface area contributed by atoms with Crippen molar-refractivity contribution in [1.82, 2.24) is 15.3 Å². The lowest BCUT2D eigenvalue weighted by atomic mass is 10.1. The molecule has 20 heavy (non-hydrogen) atoms. The molecule has 0 saturated carbocycles. The topological polar surface area (TPSA) is 78.3 Å². The quantitative estimate of drug-likeness (QED) is 0.706. The molecule has 2 heterocycles. The van der Waals surface area contributed by atoms with Crippen molar-refractivity contribution in [3.05, 3.63) is 39.1 Å². The Hall–Kier alpha value is -1.50. The van der Waals surface area contributed by atoms with Crippen molar-refractivity contribution >= 4 is 11.3 Å². The van der Waals surface area contributed by atoms with Gasteiger partial charge in [-0.05, 0) is 13.8 Å². The maximum absolute atomic E-state index is 10.0.